The minimum atomic E-state index is 0.741. The first-order chi connectivity index (χ1) is 4.81. The average Bonchev–Trinajstić information content (AvgIpc) is 2.40. The maximum absolute atomic E-state index is 4.29. The van der Waals surface area contributed by atoms with Crippen LogP contribution < -0.4 is 0 Å². The molecule has 0 atom stereocenters. The lowest BCUT2D eigenvalue weighted by Crippen LogP contribution is -1.83. The van der Waals surface area contributed by atoms with Crippen LogP contribution in [0.4, 0.5) is 0 Å². The second-order valence-electron chi connectivity index (χ2n) is 2.94. The highest BCUT2D eigenvalue weighted by Gasteiger charge is 2.08. The van der Waals surface area contributed by atoms with Crippen LogP contribution in [0.2, 0.25) is 0 Å². The predicted octanol–water partition coefficient (Wildman–Crippen LogP) is 3.67. The van der Waals surface area contributed by atoms with Crippen molar-refractivity contribution >= 4 is 12.6 Å². The first kappa shape index (κ1) is 10.3. The summed E-state index contributed by atoms with van der Waals surface area (Å²) >= 11 is 4.29. The minimum absolute atomic E-state index is 0.741. The molecule has 0 unspecified atom stereocenters. The van der Waals surface area contributed by atoms with Gasteiger partial charge in [0.25, 0.3) is 0 Å². The molecule has 1 fully saturated rings. The lowest BCUT2D eigenvalue weighted by molar-refractivity contribution is 0.886. The molecule has 0 nitrogen and oxygen atoms in total. The summed E-state index contributed by atoms with van der Waals surface area (Å²) in [6.45, 7) is 4.36. The number of thiol groups is 1. The van der Waals surface area contributed by atoms with Gasteiger partial charge in [-0.2, -0.15) is 12.6 Å². The van der Waals surface area contributed by atoms with Crippen molar-refractivity contribution < 1.29 is 0 Å². The van der Waals surface area contributed by atoms with E-state index in [0.29, 0.717) is 0 Å². The summed E-state index contributed by atoms with van der Waals surface area (Å²) in [6, 6.07) is 0. The van der Waals surface area contributed by atoms with Gasteiger partial charge >= 0.3 is 0 Å². The normalized spacial score (nSPS) is 18.3. The Balaban J connectivity index is 0.000000180. The SMILES string of the molecule is CCCC.SC1CCCC1. The van der Waals surface area contributed by atoms with Crippen LogP contribution in [0.1, 0.15) is 52.4 Å². The molecule has 0 saturated heterocycles. The Bertz CT molecular complexity index is 53.7. The largest absolute Gasteiger partial charge is 0.176 e. The van der Waals surface area contributed by atoms with Crippen LogP contribution in [0, 0.1) is 0 Å². The fraction of sp³-hybridized carbons (Fsp3) is 1.00. The van der Waals surface area contributed by atoms with Crippen molar-refractivity contribution in [3.63, 3.8) is 0 Å². The standard InChI is InChI=1S/C5H10S.C4H10/c6-5-3-1-2-4-5;1-3-4-2/h5-6H,1-4H2;3-4H2,1-2H3. The Morgan fingerprint density at radius 3 is 1.60 bits per heavy atom. The number of rotatable bonds is 1. The van der Waals surface area contributed by atoms with E-state index < -0.39 is 0 Å². The summed E-state index contributed by atoms with van der Waals surface area (Å²) in [4.78, 5) is 0. The zero-order valence-corrected chi connectivity index (χ0v) is 8.16. The molecule has 1 heteroatoms. The second-order valence-corrected chi connectivity index (χ2v) is 3.67. The van der Waals surface area contributed by atoms with Crippen LogP contribution in [-0.2, 0) is 0 Å². The highest BCUT2D eigenvalue weighted by molar-refractivity contribution is 7.80. The van der Waals surface area contributed by atoms with Gasteiger partial charge in [-0.05, 0) is 12.8 Å². The third-order valence-electron chi connectivity index (χ3n) is 1.82. The lowest BCUT2D eigenvalue weighted by atomic mass is 10.4. The van der Waals surface area contributed by atoms with E-state index >= 15 is 0 Å². The molecule has 1 aliphatic carbocycles. The van der Waals surface area contributed by atoms with Gasteiger partial charge in [0.15, 0.2) is 0 Å². The molecular weight excluding hydrogens is 140 g/mol. The maximum atomic E-state index is 4.29. The van der Waals surface area contributed by atoms with Gasteiger partial charge in [-0.25, -0.2) is 0 Å². The van der Waals surface area contributed by atoms with Gasteiger partial charge in [0.2, 0.25) is 0 Å². The summed E-state index contributed by atoms with van der Waals surface area (Å²) in [7, 11) is 0. The van der Waals surface area contributed by atoms with Gasteiger partial charge in [0.1, 0.15) is 0 Å². The van der Waals surface area contributed by atoms with Gasteiger partial charge in [-0.3, -0.25) is 0 Å². The molecule has 0 aliphatic heterocycles. The fourth-order valence-corrected chi connectivity index (χ4v) is 1.27. The second kappa shape index (κ2) is 7.46. The topological polar surface area (TPSA) is 0 Å². The molecule has 10 heavy (non-hydrogen) atoms. The number of unbranched alkanes of at least 4 members (excludes halogenated alkanes) is 1. The molecule has 1 saturated carbocycles. The van der Waals surface area contributed by atoms with Gasteiger partial charge < -0.3 is 0 Å². The molecule has 0 spiro atoms. The lowest BCUT2D eigenvalue weighted by Gasteiger charge is -1.90. The molecule has 0 aromatic rings. The van der Waals surface area contributed by atoms with Crippen LogP contribution in [-0.4, -0.2) is 5.25 Å². The van der Waals surface area contributed by atoms with Crippen LogP contribution in [0.15, 0.2) is 0 Å². The van der Waals surface area contributed by atoms with E-state index in [9.17, 15) is 0 Å². The van der Waals surface area contributed by atoms with E-state index in [1.807, 2.05) is 0 Å². The Hall–Kier alpha value is 0.350. The summed E-state index contributed by atoms with van der Waals surface area (Å²) in [5, 5.41) is 0.741. The molecular formula is C9H20S. The fourth-order valence-electron chi connectivity index (χ4n) is 0.904. The van der Waals surface area contributed by atoms with Crippen molar-refractivity contribution in [1.82, 2.24) is 0 Å². The van der Waals surface area contributed by atoms with Gasteiger partial charge in [0.05, 0.1) is 0 Å². The van der Waals surface area contributed by atoms with Crippen molar-refractivity contribution in [2.45, 2.75) is 57.6 Å². The molecule has 1 rings (SSSR count). The van der Waals surface area contributed by atoms with Crippen molar-refractivity contribution in [3.8, 4) is 0 Å². The van der Waals surface area contributed by atoms with E-state index in [2.05, 4.69) is 26.5 Å². The van der Waals surface area contributed by atoms with Crippen LogP contribution in [0.25, 0.3) is 0 Å². The summed E-state index contributed by atoms with van der Waals surface area (Å²) in [5.41, 5.74) is 0. The van der Waals surface area contributed by atoms with Gasteiger partial charge in [0, 0.05) is 5.25 Å². The van der Waals surface area contributed by atoms with Crippen molar-refractivity contribution in [1.29, 1.82) is 0 Å². The number of hydrogen-bond acceptors (Lipinski definition) is 1. The van der Waals surface area contributed by atoms with E-state index in [0.717, 1.165) is 5.25 Å². The van der Waals surface area contributed by atoms with Crippen molar-refractivity contribution in [2.24, 2.45) is 0 Å². The van der Waals surface area contributed by atoms with Gasteiger partial charge in [-0.15, -0.1) is 0 Å². The van der Waals surface area contributed by atoms with E-state index in [1.54, 1.807) is 0 Å². The van der Waals surface area contributed by atoms with Crippen LogP contribution in [0.3, 0.4) is 0 Å². The summed E-state index contributed by atoms with van der Waals surface area (Å²) < 4.78 is 0. The van der Waals surface area contributed by atoms with Gasteiger partial charge in [-0.1, -0.05) is 39.5 Å². The van der Waals surface area contributed by atoms with Crippen molar-refractivity contribution in [3.05, 3.63) is 0 Å². The third-order valence-corrected chi connectivity index (χ3v) is 2.34. The van der Waals surface area contributed by atoms with E-state index in [-0.39, 0.29) is 0 Å². The number of hydrogen-bond donors (Lipinski definition) is 1. The first-order valence-corrected chi connectivity index (χ1v) is 5.01. The highest BCUT2D eigenvalue weighted by Crippen LogP contribution is 2.21. The molecule has 0 N–H and O–H groups in total. The third kappa shape index (κ3) is 6.47. The molecule has 0 amide bonds. The molecule has 62 valence electrons. The van der Waals surface area contributed by atoms with E-state index in [1.165, 1.54) is 38.5 Å². The zero-order valence-electron chi connectivity index (χ0n) is 7.27. The summed E-state index contributed by atoms with van der Waals surface area (Å²) in [5.74, 6) is 0. The van der Waals surface area contributed by atoms with E-state index in [4.69, 9.17) is 0 Å². The summed E-state index contributed by atoms with van der Waals surface area (Å²) in [6.07, 6.45) is 8.16. The average molecular weight is 160 g/mol. The first-order valence-electron chi connectivity index (χ1n) is 4.49. The minimum Gasteiger partial charge on any atom is -0.176 e. The maximum Gasteiger partial charge on any atom is 0.00168 e. The predicted molar refractivity (Wildman–Crippen MR) is 51.8 cm³/mol. The zero-order chi connectivity index (χ0) is 7.82. The smallest absolute Gasteiger partial charge is 0.00168 e. The van der Waals surface area contributed by atoms with Crippen LogP contribution in [0.5, 0.6) is 0 Å². The Labute approximate surface area is 70.8 Å². The highest BCUT2D eigenvalue weighted by atomic mass is 32.1. The Morgan fingerprint density at radius 2 is 1.50 bits per heavy atom. The monoisotopic (exact) mass is 160 g/mol. The Kier molecular flexibility index (Phi) is 7.72. The van der Waals surface area contributed by atoms with Crippen molar-refractivity contribution in [2.75, 3.05) is 0 Å². The molecule has 0 aromatic heterocycles. The van der Waals surface area contributed by atoms with Crippen LogP contribution >= 0.6 is 12.6 Å². The molecule has 0 heterocycles. The molecule has 0 aromatic carbocycles. The Morgan fingerprint density at radius 1 is 1.10 bits per heavy atom. The quantitative estimate of drug-likeness (QED) is 0.556. The molecule has 0 radical (unpaired) electrons. The molecule has 1 aliphatic rings. The molecule has 0 bridgehead atoms.